The highest BCUT2D eigenvalue weighted by Gasteiger charge is 2.25. The number of nitrogens with zero attached hydrogens (tertiary/aromatic N) is 7. The maximum absolute atomic E-state index is 4.60. The molecule has 0 amide bonds. The van der Waals surface area contributed by atoms with Crippen molar-refractivity contribution in [2.75, 3.05) is 36.8 Å². The average molecular weight is 510 g/mol. The third kappa shape index (κ3) is 6.67. The zero-order valence-corrected chi connectivity index (χ0v) is 22.5. The molecule has 196 valence electrons. The Bertz CT molecular complexity index is 1360. The quantitative estimate of drug-likeness (QED) is 0.355. The number of hydrogen-bond acceptors (Lipinski definition) is 9. The molecule has 9 heteroatoms. The van der Waals surface area contributed by atoms with Crippen molar-refractivity contribution >= 4 is 23.3 Å². The second-order valence-electron chi connectivity index (χ2n) is 10.6. The lowest BCUT2D eigenvalue weighted by atomic mass is 10.0. The summed E-state index contributed by atoms with van der Waals surface area (Å²) < 4.78 is 0. The fourth-order valence-corrected chi connectivity index (χ4v) is 4.50. The van der Waals surface area contributed by atoms with Crippen LogP contribution in [0.25, 0.3) is 11.5 Å². The molecule has 4 heterocycles. The number of aromatic nitrogens is 5. The fourth-order valence-electron chi connectivity index (χ4n) is 4.50. The molecule has 4 aromatic rings. The van der Waals surface area contributed by atoms with Gasteiger partial charge in [0.15, 0.2) is 5.82 Å². The molecule has 2 N–H and O–H groups in total. The second-order valence-corrected chi connectivity index (χ2v) is 10.6. The van der Waals surface area contributed by atoms with Crippen molar-refractivity contribution in [3.8, 4) is 11.5 Å². The summed E-state index contributed by atoms with van der Waals surface area (Å²) in [6.07, 6.45) is 3.43. The predicted octanol–water partition coefficient (Wildman–Crippen LogP) is 5.04. The number of nitrogens with one attached hydrogen (secondary N) is 2. The monoisotopic (exact) mass is 509 g/mol. The number of piperazine rings is 1. The predicted molar refractivity (Wildman–Crippen MR) is 152 cm³/mol. The summed E-state index contributed by atoms with van der Waals surface area (Å²) in [6.45, 7) is 14.2. The number of pyridine rings is 1. The maximum Gasteiger partial charge on any atom is 0.229 e. The van der Waals surface area contributed by atoms with Gasteiger partial charge in [0.2, 0.25) is 5.95 Å². The first-order valence-corrected chi connectivity index (χ1v) is 13.0. The van der Waals surface area contributed by atoms with E-state index >= 15 is 0 Å². The molecule has 1 aromatic carbocycles. The summed E-state index contributed by atoms with van der Waals surface area (Å²) >= 11 is 0. The van der Waals surface area contributed by atoms with E-state index in [1.54, 1.807) is 24.5 Å². The van der Waals surface area contributed by atoms with Crippen molar-refractivity contribution in [3.05, 3.63) is 78.2 Å². The highest BCUT2D eigenvalue weighted by Crippen LogP contribution is 2.21. The largest absolute Gasteiger partial charge is 0.325 e. The molecular formula is C29H35N9. The topological polar surface area (TPSA) is 95.0 Å². The van der Waals surface area contributed by atoms with Gasteiger partial charge in [-0.25, -0.2) is 19.9 Å². The Morgan fingerprint density at radius 1 is 0.763 bits per heavy atom. The summed E-state index contributed by atoms with van der Waals surface area (Å²) in [5.41, 5.74) is 4.14. The third-order valence-corrected chi connectivity index (χ3v) is 6.62. The van der Waals surface area contributed by atoms with Crippen molar-refractivity contribution in [3.63, 3.8) is 0 Å². The van der Waals surface area contributed by atoms with Crippen LogP contribution in [0.4, 0.5) is 23.3 Å². The van der Waals surface area contributed by atoms with E-state index in [0.717, 1.165) is 49.8 Å². The molecule has 0 radical (unpaired) electrons. The Morgan fingerprint density at radius 2 is 1.47 bits per heavy atom. The van der Waals surface area contributed by atoms with Crippen LogP contribution in [-0.4, -0.2) is 66.4 Å². The Balaban J connectivity index is 1.18. The fraction of sp³-hybridized carbons (Fsp3) is 0.345. The van der Waals surface area contributed by atoms with Crippen molar-refractivity contribution < 1.29 is 0 Å². The van der Waals surface area contributed by atoms with Crippen LogP contribution in [-0.2, 0) is 6.54 Å². The molecule has 9 nitrogen and oxygen atoms in total. The molecule has 5 rings (SSSR count). The van der Waals surface area contributed by atoms with E-state index in [1.807, 2.05) is 25.1 Å². The second kappa shape index (κ2) is 11.2. The molecule has 0 atom stereocenters. The normalized spacial score (nSPS) is 14.8. The molecule has 38 heavy (non-hydrogen) atoms. The zero-order valence-electron chi connectivity index (χ0n) is 22.5. The first-order chi connectivity index (χ1) is 18.3. The number of rotatable bonds is 7. The number of hydrogen-bond donors (Lipinski definition) is 2. The van der Waals surface area contributed by atoms with Crippen LogP contribution in [0.5, 0.6) is 0 Å². The SMILES string of the molecule is Cc1cccc(-c2nccc(Nc3ccnc(Nc4ccc(CN5CCN(C(C)(C)C)CC5)cc4)n3)n2)n1. The van der Waals surface area contributed by atoms with Crippen LogP contribution < -0.4 is 10.6 Å². The summed E-state index contributed by atoms with van der Waals surface area (Å²) in [5, 5.41) is 6.54. The maximum atomic E-state index is 4.60. The lowest BCUT2D eigenvalue weighted by Crippen LogP contribution is -2.53. The number of anilines is 4. The van der Waals surface area contributed by atoms with Gasteiger partial charge >= 0.3 is 0 Å². The van der Waals surface area contributed by atoms with Gasteiger partial charge in [0.05, 0.1) is 0 Å². The standard InChI is InChI=1S/C29H35N9/c1-21-6-5-7-24(32-21)27-30-14-12-25(35-27)34-26-13-15-31-28(36-26)33-23-10-8-22(9-11-23)20-37-16-18-38(19-17-37)29(2,3)4/h5-15H,16-20H2,1-4H3,(H2,30,31,33,34,35,36). The van der Waals surface area contributed by atoms with Gasteiger partial charge in [-0.3, -0.25) is 9.80 Å². The third-order valence-electron chi connectivity index (χ3n) is 6.62. The highest BCUT2D eigenvalue weighted by molar-refractivity contribution is 5.59. The van der Waals surface area contributed by atoms with Gasteiger partial charge < -0.3 is 10.6 Å². The minimum atomic E-state index is 0.241. The molecule has 1 aliphatic rings. The summed E-state index contributed by atoms with van der Waals surface area (Å²) in [4.78, 5) is 27.5. The molecule has 0 aliphatic carbocycles. The molecule has 0 bridgehead atoms. The molecule has 1 fully saturated rings. The first-order valence-electron chi connectivity index (χ1n) is 13.0. The van der Waals surface area contributed by atoms with E-state index in [2.05, 4.69) is 90.4 Å². The molecule has 0 saturated carbocycles. The number of benzene rings is 1. The van der Waals surface area contributed by atoms with Crippen LogP contribution in [0, 0.1) is 6.92 Å². The molecular weight excluding hydrogens is 474 g/mol. The van der Waals surface area contributed by atoms with Crippen LogP contribution in [0.15, 0.2) is 67.0 Å². The van der Waals surface area contributed by atoms with Crippen LogP contribution in [0.1, 0.15) is 32.0 Å². The van der Waals surface area contributed by atoms with Gasteiger partial charge in [-0.05, 0) is 69.7 Å². The van der Waals surface area contributed by atoms with Gasteiger partial charge in [-0.15, -0.1) is 0 Å². The zero-order chi connectivity index (χ0) is 26.5. The Hall–Kier alpha value is -3.95. The molecule has 0 spiro atoms. The lowest BCUT2D eigenvalue weighted by Gasteiger charge is -2.42. The highest BCUT2D eigenvalue weighted by atomic mass is 15.3. The minimum Gasteiger partial charge on any atom is -0.325 e. The van der Waals surface area contributed by atoms with E-state index < -0.39 is 0 Å². The van der Waals surface area contributed by atoms with E-state index in [4.69, 9.17) is 0 Å². The Kier molecular flexibility index (Phi) is 7.57. The van der Waals surface area contributed by atoms with E-state index in [-0.39, 0.29) is 5.54 Å². The van der Waals surface area contributed by atoms with Crippen LogP contribution in [0.3, 0.4) is 0 Å². The van der Waals surface area contributed by atoms with Gasteiger partial charge in [0, 0.05) is 62.0 Å². The van der Waals surface area contributed by atoms with Crippen molar-refractivity contribution in [2.45, 2.75) is 39.8 Å². The Labute approximate surface area is 224 Å². The van der Waals surface area contributed by atoms with Gasteiger partial charge in [0.25, 0.3) is 0 Å². The summed E-state index contributed by atoms with van der Waals surface area (Å²) in [7, 11) is 0. The van der Waals surface area contributed by atoms with Crippen LogP contribution in [0.2, 0.25) is 0 Å². The molecule has 0 unspecified atom stereocenters. The van der Waals surface area contributed by atoms with E-state index in [9.17, 15) is 0 Å². The average Bonchev–Trinajstić information content (AvgIpc) is 2.90. The van der Waals surface area contributed by atoms with Gasteiger partial charge in [-0.1, -0.05) is 18.2 Å². The smallest absolute Gasteiger partial charge is 0.229 e. The van der Waals surface area contributed by atoms with E-state index in [0.29, 0.717) is 23.4 Å². The minimum absolute atomic E-state index is 0.241. The Morgan fingerprint density at radius 3 is 2.18 bits per heavy atom. The van der Waals surface area contributed by atoms with Crippen molar-refractivity contribution in [1.29, 1.82) is 0 Å². The first kappa shape index (κ1) is 25.7. The van der Waals surface area contributed by atoms with Gasteiger partial charge in [0.1, 0.15) is 17.3 Å². The van der Waals surface area contributed by atoms with Gasteiger partial charge in [-0.2, -0.15) is 4.98 Å². The summed E-state index contributed by atoms with van der Waals surface area (Å²) in [5.74, 6) is 2.34. The molecule has 1 saturated heterocycles. The molecule has 3 aromatic heterocycles. The van der Waals surface area contributed by atoms with Crippen molar-refractivity contribution in [2.24, 2.45) is 0 Å². The van der Waals surface area contributed by atoms with Crippen LogP contribution >= 0.6 is 0 Å². The number of aryl methyl sites for hydroxylation is 1. The molecule has 1 aliphatic heterocycles. The van der Waals surface area contributed by atoms with E-state index in [1.165, 1.54) is 5.56 Å². The van der Waals surface area contributed by atoms with Crippen molar-refractivity contribution in [1.82, 2.24) is 34.7 Å². The lowest BCUT2D eigenvalue weighted by molar-refractivity contribution is 0.0591. The summed E-state index contributed by atoms with van der Waals surface area (Å²) in [6, 6.07) is 17.9.